The first kappa shape index (κ1) is 15.3. The molecule has 0 aromatic carbocycles. The molecule has 24 heavy (non-hydrogen) atoms. The molecule has 0 saturated carbocycles. The molecule has 2 aromatic heterocycles. The average Bonchev–Trinajstić information content (AvgIpc) is 3.17. The summed E-state index contributed by atoms with van der Waals surface area (Å²) >= 11 is 0. The average molecular weight is 326 g/mol. The van der Waals surface area contributed by atoms with Crippen molar-refractivity contribution in [3.63, 3.8) is 0 Å². The highest BCUT2D eigenvalue weighted by molar-refractivity contribution is 5.92. The first-order valence-corrected chi connectivity index (χ1v) is 8.70. The molecule has 2 aliphatic heterocycles. The molecular formula is C18H22N4O2. The maximum atomic E-state index is 12.8. The van der Waals surface area contributed by atoms with Crippen molar-refractivity contribution in [2.45, 2.75) is 50.8 Å². The monoisotopic (exact) mass is 326 g/mol. The minimum Gasteiger partial charge on any atom is -0.371 e. The summed E-state index contributed by atoms with van der Waals surface area (Å²) in [6.45, 7) is 1.54. The van der Waals surface area contributed by atoms with Crippen molar-refractivity contribution in [2.24, 2.45) is 0 Å². The number of rotatable bonds is 3. The molecule has 6 heteroatoms. The van der Waals surface area contributed by atoms with Crippen molar-refractivity contribution in [2.75, 3.05) is 6.61 Å². The van der Waals surface area contributed by atoms with E-state index in [2.05, 4.69) is 19.9 Å². The van der Waals surface area contributed by atoms with Crippen LogP contribution in [0.3, 0.4) is 0 Å². The van der Waals surface area contributed by atoms with Crippen molar-refractivity contribution in [1.82, 2.24) is 19.9 Å². The van der Waals surface area contributed by atoms with Gasteiger partial charge >= 0.3 is 0 Å². The molecule has 6 nitrogen and oxygen atoms in total. The summed E-state index contributed by atoms with van der Waals surface area (Å²) in [5.41, 5.74) is 1.73. The zero-order valence-electron chi connectivity index (χ0n) is 13.6. The van der Waals surface area contributed by atoms with Gasteiger partial charge in [0.05, 0.1) is 12.2 Å². The van der Waals surface area contributed by atoms with E-state index < -0.39 is 0 Å². The van der Waals surface area contributed by atoms with Crippen LogP contribution in [0.1, 0.15) is 53.7 Å². The lowest BCUT2D eigenvalue weighted by atomic mass is 10.0. The Labute approximate surface area is 141 Å². The molecule has 0 spiro atoms. The molecule has 4 heterocycles. The van der Waals surface area contributed by atoms with Gasteiger partial charge in [0.15, 0.2) is 0 Å². The maximum Gasteiger partial charge on any atom is 0.269 e. The van der Waals surface area contributed by atoms with Gasteiger partial charge in [-0.2, -0.15) is 0 Å². The Balaban J connectivity index is 1.51. The van der Waals surface area contributed by atoms with Crippen molar-refractivity contribution < 1.29 is 9.53 Å². The van der Waals surface area contributed by atoms with E-state index in [1.54, 1.807) is 18.6 Å². The number of aryl methyl sites for hydroxylation is 1. The smallest absolute Gasteiger partial charge is 0.269 e. The van der Waals surface area contributed by atoms with Gasteiger partial charge in [0.1, 0.15) is 17.6 Å². The Hall–Kier alpha value is -2.21. The van der Waals surface area contributed by atoms with E-state index in [4.69, 9.17) is 4.74 Å². The zero-order chi connectivity index (χ0) is 16.4. The van der Waals surface area contributed by atoms with E-state index in [-0.39, 0.29) is 18.1 Å². The van der Waals surface area contributed by atoms with E-state index >= 15 is 0 Å². The first-order chi connectivity index (χ1) is 11.8. The molecule has 0 bridgehead atoms. The Morgan fingerprint density at radius 2 is 2.12 bits per heavy atom. The fourth-order valence-corrected chi connectivity index (χ4v) is 3.64. The van der Waals surface area contributed by atoms with Gasteiger partial charge < -0.3 is 14.6 Å². The summed E-state index contributed by atoms with van der Waals surface area (Å²) in [6, 6.07) is 3.87. The van der Waals surface area contributed by atoms with Crippen LogP contribution in [-0.4, -0.2) is 33.1 Å². The number of nitrogens with one attached hydrogen (secondary N) is 1. The molecule has 0 radical (unpaired) electrons. The topological polar surface area (TPSA) is 69.0 Å². The molecule has 2 aliphatic rings. The number of hydrogen-bond acceptors (Lipinski definition) is 4. The van der Waals surface area contributed by atoms with Crippen LogP contribution in [0.2, 0.25) is 0 Å². The number of nitrogens with zero attached hydrogens (tertiary/aromatic N) is 3. The molecular weight excluding hydrogens is 304 g/mol. The van der Waals surface area contributed by atoms with Crippen LogP contribution in [0.5, 0.6) is 0 Å². The van der Waals surface area contributed by atoms with E-state index in [0.29, 0.717) is 12.3 Å². The lowest BCUT2D eigenvalue weighted by Gasteiger charge is -2.20. The number of hydrogen-bond donors (Lipinski definition) is 1. The second-order valence-electron chi connectivity index (χ2n) is 6.46. The molecule has 1 fully saturated rings. The Morgan fingerprint density at radius 3 is 3.00 bits per heavy atom. The van der Waals surface area contributed by atoms with Crippen LogP contribution in [0.4, 0.5) is 0 Å². The minimum absolute atomic E-state index is 0.0168. The predicted molar refractivity (Wildman–Crippen MR) is 88.6 cm³/mol. The van der Waals surface area contributed by atoms with Gasteiger partial charge in [0.25, 0.3) is 5.91 Å². The predicted octanol–water partition coefficient (Wildman–Crippen LogP) is 2.26. The molecule has 4 rings (SSSR count). The maximum absolute atomic E-state index is 12.8. The zero-order valence-corrected chi connectivity index (χ0v) is 13.6. The SMILES string of the molecule is O=C(N[C@@H]1CCO[C@H]1c1ccncc1)c1cnc2n1CCCCC2. The summed E-state index contributed by atoms with van der Waals surface area (Å²) in [5.74, 6) is 0.983. The number of pyridine rings is 1. The highest BCUT2D eigenvalue weighted by Gasteiger charge is 2.32. The number of fused-ring (bicyclic) bond motifs is 1. The Bertz CT molecular complexity index is 713. The second-order valence-corrected chi connectivity index (χ2v) is 6.46. The van der Waals surface area contributed by atoms with Gasteiger partial charge in [-0.15, -0.1) is 0 Å². The highest BCUT2D eigenvalue weighted by Crippen LogP contribution is 2.29. The lowest BCUT2D eigenvalue weighted by molar-refractivity contribution is 0.0814. The van der Waals surface area contributed by atoms with Gasteiger partial charge in [0.2, 0.25) is 0 Å². The number of amides is 1. The fraction of sp³-hybridized carbons (Fsp3) is 0.500. The molecule has 2 aromatic rings. The van der Waals surface area contributed by atoms with Crippen molar-refractivity contribution >= 4 is 5.91 Å². The summed E-state index contributed by atoms with van der Waals surface area (Å²) in [6.07, 6.45) is 10.4. The van der Waals surface area contributed by atoms with Gasteiger partial charge in [-0.25, -0.2) is 4.98 Å². The number of carbonyl (C=O) groups excluding carboxylic acids is 1. The minimum atomic E-state index is -0.108. The van der Waals surface area contributed by atoms with Crippen LogP contribution in [0.15, 0.2) is 30.7 Å². The summed E-state index contributed by atoms with van der Waals surface area (Å²) < 4.78 is 7.92. The van der Waals surface area contributed by atoms with Crippen LogP contribution in [0.25, 0.3) is 0 Å². The van der Waals surface area contributed by atoms with Gasteiger partial charge in [0, 0.05) is 32.0 Å². The quantitative estimate of drug-likeness (QED) is 0.939. The number of imidazole rings is 1. The molecule has 2 atom stereocenters. The molecule has 0 aliphatic carbocycles. The lowest BCUT2D eigenvalue weighted by Crippen LogP contribution is -2.37. The first-order valence-electron chi connectivity index (χ1n) is 8.70. The van der Waals surface area contributed by atoms with Crippen molar-refractivity contribution in [3.8, 4) is 0 Å². The van der Waals surface area contributed by atoms with E-state index in [1.165, 1.54) is 6.42 Å². The van der Waals surface area contributed by atoms with Gasteiger partial charge in [-0.1, -0.05) is 6.42 Å². The molecule has 1 N–H and O–H groups in total. The van der Waals surface area contributed by atoms with Gasteiger partial charge in [-0.05, 0) is 37.0 Å². The third-order valence-electron chi connectivity index (χ3n) is 4.90. The molecule has 0 unspecified atom stereocenters. The van der Waals surface area contributed by atoms with Crippen molar-refractivity contribution in [3.05, 3.63) is 47.8 Å². The number of carbonyl (C=O) groups is 1. The van der Waals surface area contributed by atoms with Crippen LogP contribution in [0, 0.1) is 0 Å². The molecule has 126 valence electrons. The van der Waals surface area contributed by atoms with Crippen LogP contribution < -0.4 is 5.32 Å². The normalized spacial score (nSPS) is 23.5. The second kappa shape index (κ2) is 6.73. The molecule has 1 amide bonds. The van der Waals surface area contributed by atoms with Crippen LogP contribution >= 0.6 is 0 Å². The van der Waals surface area contributed by atoms with Crippen LogP contribution in [-0.2, 0) is 17.7 Å². The third-order valence-corrected chi connectivity index (χ3v) is 4.90. The highest BCUT2D eigenvalue weighted by atomic mass is 16.5. The summed E-state index contributed by atoms with van der Waals surface area (Å²) in [7, 11) is 0. The number of ether oxygens (including phenoxy) is 1. The van der Waals surface area contributed by atoms with E-state index in [9.17, 15) is 4.79 Å². The van der Waals surface area contributed by atoms with Crippen molar-refractivity contribution in [1.29, 1.82) is 0 Å². The third kappa shape index (κ3) is 2.94. The Morgan fingerprint density at radius 1 is 1.25 bits per heavy atom. The van der Waals surface area contributed by atoms with E-state index in [1.807, 2.05) is 12.1 Å². The number of aromatic nitrogens is 3. The summed E-state index contributed by atoms with van der Waals surface area (Å²) in [5, 5.41) is 3.16. The Kier molecular flexibility index (Phi) is 4.30. The molecule has 1 saturated heterocycles. The van der Waals surface area contributed by atoms with E-state index in [0.717, 1.165) is 43.6 Å². The largest absolute Gasteiger partial charge is 0.371 e. The standard InChI is InChI=1S/C18H22N4O2/c23-18(15-12-20-16-4-2-1-3-10-22(15)16)21-14-7-11-24-17(14)13-5-8-19-9-6-13/h5-6,8-9,12,14,17H,1-4,7,10-11H2,(H,21,23)/t14-,17+/m1/s1. The fourth-order valence-electron chi connectivity index (χ4n) is 3.64. The van der Waals surface area contributed by atoms with Gasteiger partial charge in [-0.3, -0.25) is 9.78 Å². The summed E-state index contributed by atoms with van der Waals surface area (Å²) in [4.78, 5) is 21.3.